The molecule has 3 aromatic carbocycles. The van der Waals surface area contributed by atoms with Crippen LogP contribution >= 0.6 is 0 Å². The molecule has 0 aromatic heterocycles. The summed E-state index contributed by atoms with van der Waals surface area (Å²) in [4.78, 5) is 15.0. The summed E-state index contributed by atoms with van der Waals surface area (Å²) in [5, 5.41) is 2.87. The Morgan fingerprint density at radius 3 is 2.17 bits per heavy atom. The van der Waals surface area contributed by atoms with Gasteiger partial charge in [-0.25, -0.2) is 8.42 Å². The predicted molar refractivity (Wildman–Crippen MR) is 149 cm³/mol. The molecule has 1 heterocycles. The number of ether oxygens (including phenoxy) is 1. The second-order valence-electron chi connectivity index (χ2n) is 10.2. The summed E-state index contributed by atoms with van der Waals surface area (Å²) in [6.45, 7) is 6.68. The Bertz CT molecular complexity index is 1410. The SMILES string of the molecule is CCS(=O)(=O)c1ccc(CC(=O)Nc2ccc(N3CC(c4ccc(C(F)(F)F)cc4)OCC3C(C)C)cc2)cc1. The van der Waals surface area contributed by atoms with Crippen molar-refractivity contribution >= 4 is 27.1 Å². The Kier molecular flexibility index (Phi) is 8.90. The summed E-state index contributed by atoms with van der Waals surface area (Å²) in [5.74, 6) is 0.0558. The van der Waals surface area contributed by atoms with Crippen molar-refractivity contribution < 1.29 is 31.1 Å². The molecule has 0 aliphatic carbocycles. The minimum atomic E-state index is -4.39. The standard InChI is InChI=1S/C30H33F3N2O4S/c1-4-40(37,38)26-15-5-21(6-16-26)17-29(36)34-24-11-13-25(14-12-24)35-18-28(39-19-27(35)20(2)3)22-7-9-23(10-8-22)30(31,32)33/h5-16,20,27-28H,4,17-19H2,1-3H3,(H,34,36). The topological polar surface area (TPSA) is 75.7 Å². The van der Waals surface area contributed by atoms with Gasteiger partial charge in [-0.3, -0.25) is 4.79 Å². The van der Waals surface area contributed by atoms with Gasteiger partial charge in [0.05, 0.1) is 35.3 Å². The van der Waals surface area contributed by atoms with E-state index in [1.807, 2.05) is 24.3 Å². The summed E-state index contributed by atoms with van der Waals surface area (Å²) in [6, 6.07) is 18.9. The fourth-order valence-corrected chi connectivity index (χ4v) is 5.60. The number of nitrogens with zero attached hydrogens (tertiary/aromatic N) is 1. The minimum Gasteiger partial charge on any atom is -0.370 e. The monoisotopic (exact) mass is 574 g/mol. The van der Waals surface area contributed by atoms with Crippen LogP contribution in [-0.2, 0) is 32.0 Å². The van der Waals surface area contributed by atoms with E-state index in [1.54, 1.807) is 19.1 Å². The van der Waals surface area contributed by atoms with E-state index in [2.05, 4.69) is 24.1 Å². The molecule has 1 amide bonds. The van der Waals surface area contributed by atoms with Crippen LogP contribution in [0.25, 0.3) is 0 Å². The number of halogens is 3. The van der Waals surface area contributed by atoms with Crippen LogP contribution < -0.4 is 10.2 Å². The van der Waals surface area contributed by atoms with Gasteiger partial charge in [-0.15, -0.1) is 0 Å². The molecule has 6 nitrogen and oxygen atoms in total. The third kappa shape index (κ3) is 7.03. The van der Waals surface area contributed by atoms with E-state index in [1.165, 1.54) is 24.3 Å². The molecule has 1 aliphatic rings. The number of benzene rings is 3. The zero-order valence-corrected chi connectivity index (χ0v) is 23.4. The highest BCUT2D eigenvalue weighted by Gasteiger charge is 2.33. The first-order valence-corrected chi connectivity index (χ1v) is 14.8. The lowest BCUT2D eigenvalue weighted by molar-refractivity contribution is -0.137. The van der Waals surface area contributed by atoms with Crippen LogP contribution in [0.1, 0.15) is 43.6 Å². The zero-order valence-electron chi connectivity index (χ0n) is 22.6. The van der Waals surface area contributed by atoms with E-state index in [0.717, 1.165) is 17.8 Å². The molecular formula is C30H33F3N2O4S. The van der Waals surface area contributed by atoms with Gasteiger partial charge in [0.15, 0.2) is 9.84 Å². The quantitative estimate of drug-likeness (QED) is 0.343. The molecule has 1 fully saturated rings. The molecule has 2 unspecified atom stereocenters. The summed E-state index contributed by atoms with van der Waals surface area (Å²) >= 11 is 0. The van der Waals surface area contributed by atoms with Gasteiger partial charge in [-0.05, 0) is 65.6 Å². The second kappa shape index (κ2) is 12.0. The lowest BCUT2D eigenvalue weighted by Gasteiger charge is -2.43. The van der Waals surface area contributed by atoms with Crippen LogP contribution in [0.3, 0.4) is 0 Å². The smallest absolute Gasteiger partial charge is 0.370 e. The van der Waals surface area contributed by atoms with Gasteiger partial charge >= 0.3 is 6.18 Å². The molecular weight excluding hydrogens is 541 g/mol. The Hall–Kier alpha value is -3.37. The number of alkyl halides is 3. The van der Waals surface area contributed by atoms with Crippen LogP contribution in [0, 0.1) is 5.92 Å². The third-order valence-electron chi connectivity index (χ3n) is 7.12. The Balaban J connectivity index is 1.42. The number of carbonyl (C=O) groups excluding carboxylic acids is 1. The molecule has 0 saturated carbocycles. The first kappa shape index (κ1) is 29.6. The summed E-state index contributed by atoms with van der Waals surface area (Å²) < 4.78 is 69.0. The van der Waals surface area contributed by atoms with E-state index in [0.29, 0.717) is 30.0 Å². The summed E-state index contributed by atoms with van der Waals surface area (Å²) in [6.07, 6.45) is -4.67. The van der Waals surface area contributed by atoms with E-state index in [-0.39, 0.29) is 41.0 Å². The number of amides is 1. The first-order valence-electron chi connectivity index (χ1n) is 13.1. The van der Waals surface area contributed by atoms with Crippen molar-refractivity contribution in [1.29, 1.82) is 0 Å². The van der Waals surface area contributed by atoms with Gasteiger partial charge in [0.2, 0.25) is 5.91 Å². The number of hydrogen-bond donors (Lipinski definition) is 1. The number of carbonyl (C=O) groups is 1. The third-order valence-corrected chi connectivity index (χ3v) is 8.87. The van der Waals surface area contributed by atoms with Crippen molar-refractivity contribution in [2.75, 3.05) is 29.1 Å². The molecule has 214 valence electrons. The molecule has 0 radical (unpaired) electrons. The highest BCUT2D eigenvalue weighted by atomic mass is 32.2. The van der Waals surface area contributed by atoms with Gasteiger partial charge in [0.1, 0.15) is 6.10 Å². The van der Waals surface area contributed by atoms with Gasteiger partial charge < -0.3 is 15.0 Å². The molecule has 3 aromatic rings. The van der Waals surface area contributed by atoms with Crippen molar-refractivity contribution in [3.8, 4) is 0 Å². The largest absolute Gasteiger partial charge is 0.416 e. The maximum absolute atomic E-state index is 13.0. The maximum atomic E-state index is 13.0. The maximum Gasteiger partial charge on any atom is 0.416 e. The second-order valence-corrected chi connectivity index (χ2v) is 12.5. The van der Waals surface area contributed by atoms with Crippen molar-refractivity contribution in [3.63, 3.8) is 0 Å². The minimum absolute atomic E-state index is 0.0148. The Labute approximate surface area is 233 Å². The normalized spacial score (nSPS) is 18.1. The lowest BCUT2D eigenvalue weighted by atomic mass is 9.97. The van der Waals surface area contributed by atoms with Crippen molar-refractivity contribution in [2.45, 2.75) is 50.4 Å². The van der Waals surface area contributed by atoms with Gasteiger partial charge in [0.25, 0.3) is 0 Å². The molecule has 10 heteroatoms. The Morgan fingerprint density at radius 1 is 1.00 bits per heavy atom. The fraction of sp³-hybridized carbons (Fsp3) is 0.367. The number of sulfone groups is 1. The molecule has 0 bridgehead atoms. The molecule has 1 saturated heterocycles. The molecule has 0 spiro atoms. The molecule has 2 atom stereocenters. The van der Waals surface area contributed by atoms with Crippen molar-refractivity contribution in [3.05, 3.63) is 89.5 Å². The highest BCUT2D eigenvalue weighted by molar-refractivity contribution is 7.91. The predicted octanol–water partition coefficient (Wildman–Crippen LogP) is 6.28. The molecule has 1 N–H and O–H groups in total. The van der Waals surface area contributed by atoms with E-state index in [9.17, 15) is 26.4 Å². The van der Waals surface area contributed by atoms with Crippen LogP contribution in [0.15, 0.2) is 77.7 Å². The average molecular weight is 575 g/mol. The Morgan fingerprint density at radius 2 is 1.62 bits per heavy atom. The number of hydrogen-bond acceptors (Lipinski definition) is 5. The van der Waals surface area contributed by atoms with Crippen LogP contribution in [0.4, 0.5) is 24.5 Å². The van der Waals surface area contributed by atoms with Gasteiger partial charge in [-0.1, -0.05) is 45.0 Å². The van der Waals surface area contributed by atoms with Gasteiger partial charge in [-0.2, -0.15) is 13.2 Å². The number of anilines is 2. The molecule has 40 heavy (non-hydrogen) atoms. The van der Waals surface area contributed by atoms with Crippen molar-refractivity contribution in [1.82, 2.24) is 0 Å². The molecule has 4 rings (SSSR count). The zero-order chi connectivity index (χ0) is 29.1. The number of nitrogens with one attached hydrogen (secondary N) is 1. The number of morpholine rings is 1. The van der Waals surface area contributed by atoms with Crippen LogP contribution in [0.2, 0.25) is 0 Å². The highest BCUT2D eigenvalue weighted by Crippen LogP contribution is 2.34. The van der Waals surface area contributed by atoms with Crippen LogP contribution in [0.5, 0.6) is 0 Å². The summed E-state index contributed by atoms with van der Waals surface area (Å²) in [5.41, 5.74) is 2.23. The van der Waals surface area contributed by atoms with E-state index in [4.69, 9.17) is 4.74 Å². The van der Waals surface area contributed by atoms with Crippen molar-refractivity contribution in [2.24, 2.45) is 5.92 Å². The average Bonchev–Trinajstić information content (AvgIpc) is 2.93. The first-order chi connectivity index (χ1) is 18.9. The van der Waals surface area contributed by atoms with Crippen LogP contribution in [-0.4, -0.2) is 39.3 Å². The van der Waals surface area contributed by atoms with Gasteiger partial charge in [0, 0.05) is 17.9 Å². The van der Waals surface area contributed by atoms with E-state index >= 15 is 0 Å². The van der Waals surface area contributed by atoms with E-state index < -0.39 is 21.6 Å². The lowest BCUT2D eigenvalue weighted by Crippen LogP contribution is -2.49. The summed E-state index contributed by atoms with van der Waals surface area (Å²) in [7, 11) is -3.29. The number of rotatable bonds is 8. The molecule has 1 aliphatic heterocycles. The fourth-order valence-electron chi connectivity index (χ4n) is 4.72.